The van der Waals surface area contributed by atoms with Crippen molar-refractivity contribution in [1.82, 2.24) is 10.2 Å². The fourth-order valence-corrected chi connectivity index (χ4v) is 1.78. The molecular weight excluding hydrogens is 209 g/mol. The van der Waals surface area contributed by atoms with E-state index >= 15 is 0 Å². The lowest BCUT2D eigenvalue weighted by molar-refractivity contribution is -0.325. The minimum atomic E-state index is -4.50. The normalized spacial score (nSPS) is 24.4. The second-order valence-electron chi connectivity index (χ2n) is 3.72. The fourth-order valence-electron chi connectivity index (χ4n) is 1.78. The van der Waals surface area contributed by atoms with Crippen LogP contribution in [0.3, 0.4) is 0 Å². The van der Waals surface area contributed by atoms with Gasteiger partial charge in [0.2, 0.25) is 0 Å². The Hall–Kier alpha value is -0.330. The molecule has 1 fully saturated rings. The van der Waals surface area contributed by atoms with Crippen LogP contribution in [0, 0.1) is 0 Å². The van der Waals surface area contributed by atoms with Crippen molar-refractivity contribution in [3.8, 4) is 0 Å². The van der Waals surface area contributed by atoms with Gasteiger partial charge in [-0.1, -0.05) is 0 Å². The molecule has 0 aromatic rings. The van der Waals surface area contributed by atoms with E-state index in [1.807, 2.05) is 11.9 Å². The number of alkyl halides is 3. The van der Waals surface area contributed by atoms with Crippen LogP contribution in [0.5, 0.6) is 0 Å². The van der Waals surface area contributed by atoms with Gasteiger partial charge in [0.25, 0.3) is 0 Å². The molecule has 6 heteroatoms. The van der Waals surface area contributed by atoms with Crippen molar-refractivity contribution < 1.29 is 17.9 Å². The van der Waals surface area contributed by atoms with Crippen molar-refractivity contribution in [3.63, 3.8) is 0 Å². The molecule has 1 N–H and O–H groups in total. The lowest BCUT2D eigenvalue weighted by Crippen LogP contribution is -2.45. The van der Waals surface area contributed by atoms with Crippen LogP contribution in [-0.2, 0) is 4.74 Å². The first kappa shape index (κ1) is 12.7. The van der Waals surface area contributed by atoms with Crippen molar-refractivity contribution in [3.05, 3.63) is 0 Å². The monoisotopic (exact) mass is 226 g/mol. The Labute approximate surface area is 87.6 Å². The first-order valence-electron chi connectivity index (χ1n) is 5.11. The van der Waals surface area contributed by atoms with E-state index in [2.05, 4.69) is 10.1 Å². The molecule has 0 aromatic carbocycles. The highest BCUT2D eigenvalue weighted by Crippen LogP contribution is 2.16. The van der Waals surface area contributed by atoms with E-state index in [9.17, 15) is 13.2 Å². The summed E-state index contributed by atoms with van der Waals surface area (Å²) in [6.45, 7) is 1.73. The molecule has 3 nitrogen and oxygen atoms in total. The van der Waals surface area contributed by atoms with Crippen LogP contribution in [0.1, 0.15) is 12.8 Å². The fraction of sp³-hybridized carbons (Fsp3) is 1.00. The molecule has 0 radical (unpaired) electrons. The maximum absolute atomic E-state index is 11.7. The van der Waals surface area contributed by atoms with Crippen LogP contribution in [0.4, 0.5) is 13.2 Å². The van der Waals surface area contributed by atoms with Crippen LogP contribution in [0.2, 0.25) is 0 Å². The van der Waals surface area contributed by atoms with E-state index in [-0.39, 0.29) is 6.61 Å². The summed E-state index contributed by atoms with van der Waals surface area (Å²) in [7, 11) is 1.88. The molecule has 0 bridgehead atoms. The van der Waals surface area contributed by atoms with E-state index in [0.717, 1.165) is 25.9 Å². The predicted molar refractivity (Wildman–Crippen MR) is 50.5 cm³/mol. The van der Waals surface area contributed by atoms with E-state index in [4.69, 9.17) is 0 Å². The van der Waals surface area contributed by atoms with Gasteiger partial charge in [-0.15, -0.1) is 13.2 Å². The number of likely N-dealkylation sites (N-methyl/N-ethyl adjacent to an activating group) is 1. The number of halogens is 3. The lowest BCUT2D eigenvalue weighted by atomic mass is 10.1. The topological polar surface area (TPSA) is 24.5 Å². The van der Waals surface area contributed by atoms with Crippen LogP contribution in [0.15, 0.2) is 0 Å². The summed E-state index contributed by atoms with van der Waals surface area (Å²) >= 11 is 0. The molecule has 1 atom stereocenters. The summed E-state index contributed by atoms with van der Waals surface area (Å²) < 4.78 is 38.8. The van der Waals surface area contributed by atoms with Crippen LogP contribution >= 0.6 is 0 Å². The molecular formula is C9H17F3N2O. The van der Waals surface area contributed by atoms with Crippen molar-refractivity contribution in [1.29, 1.82) is 0 Å². The molecule has 1 heterocycles. The molecule has 0 amide bonds. The summed E-state index contributed by atoms with van der Waals surface area (Å²) in [6.07, 6.45) is -2.39. The third-order valence-corrected chi connectivity index (χ3v) is 2.59. The number of nitrogens with one attached hydrogen (secondary N) is 1. The molecule has 1 unspecified atom stereocenters. The third-order valence-electron chi connectivity index (χ3n) is 2.59. The van der Waals surface area contributed by atoms with Crippen molar-refractivity contribution in [2.75, 3.05) is 33.3 Å². The first-order chi connectivity index (χ1) is 7.01. The Morgan fingerprint density at radius 1 is 1.47 bits per heavy atom. The Kier molecular flexibility index (Phi) is 4.82. The number of likely N-dealkylation sites (tertiary alicyclic amines) is 1. The number of piperidine rings is 1. The van der Waals surface area contributed by atoms with Gasteiger partial charge in [-0.25, -0.2) is 0 Å². The standard InChI is InChI=1S/C9H17F3N2O/c1-13-8-3-2-4-14(7-8)5-6-15-9(10,11)12/h8,13H,2-7H2,1H3. The molecule has 1 aliphatic rings. The van der Waals surface area contributed by atoms with Gasteiger partial charge in [-0.05, 0) is 26.4 Å². The molecule has 90 valence electrons. The van der Waals surface area contributed by atoms with Crippen molar-refractivity contribution >= 4 is 0 Å². The number of nitrogens with zero attached hydrogens (tertiary/aromatic N) is 1. The summed E-state index contributed by atoms with van der Waals surface area (Å²) in [5, 5.41) is 3.14. The maximum Gasteiger partial charge on any atom is 0.522 e. The van der Waals surface area contributed by atoms with Crippen molar-refractivity contribution in [2.45, 2.75) is 25.2 Å². The number of hydrogen-bond donors (Lipinski definition) is 1. The van der Waals surface area contributed by atoms with Crippen LogP contribution < -0.4 is 5.32 Å². The molecule has 0 aromatic heterocycles. The Morgan fingerprint density at radius 3 is 2.80 bits per heavy atom. The quantitative estimate of drug-likeness (QED) is 0.779. The van der Waals surface area contributed by atoms with Gasteiger partial charge >= 0.3 is 6.36 Å². The average molecular weight is 226 g/mol. The molecule has 1 saturated heterocycles. The summed E-state index contributed by atoms with van der Waals surface area (Å²) in [5.74, 6) is 0. The van der Waals surface area contributed by atoms with Crippen molar-refractivity contribution in [2.24, 2.45) is 0 Å². The SMILES string of the molecule is CNC1CCCN(CCOC(F)(F)F)C1. The Morgan fingerprint density at radius 2 is 2.20 bits per heavy atom. The lowest BCUT2D eigenvalue weighted by Gasteiger charge is -2.32. The highest BCUT2D eigenvalue weighted by atomic mass is 19.4. The largest absolute Gasteiger partial charge is 0.522 e. The van der Waals surface area contributed by atoms with Gasteiger partial charge in [0.15, 0.2) is 0 Å². The van der Waals surface area contributed by atoms with E-state index in [1.54, 1.807) is 0 Å². The van der Waals surface area contributed by atoms with E-state index in [0.29, 0.717) is 12.6 Å². The molecule has 0 aliphatic carbocycles. The third kappa shape index (κ3) is 5.34. The summed E-state index contributed by atoms with van der Waals surface area (Å²) in [5.41, 5.74) is 0. The molecule has 0 spiro atoms. The van der Waals surface area contributed by atoms with Gasteiger partial charge in [-0.2, -0.15) is 0 Å². The molecule has 1 rings (SSSR count). The van der Waals surface area contributed by atoms with Gasteiger partial charge < -0.3 is 5.32 Å². The number of rotatable bonds is 4. The van der Waals surface area contributed by atoms with Gasteiger partial charge in [0, 0.05) is 19.1 Å². The zero-order chi connectivity index (χ0) is 11.3. The van der Waals surface area contributed by atoms with E-state index < -0.39 is 6.36 Å². The number of hydrogen-bond acceptors (Lipinski definition) is 3. The second kappa shape index (κ2) is 5.67. The second-order valence-corrected chi connectivity index (χ2v) is 3.72. The zero-order valence-electron chi connectivity index (χ0n) is 8.81. The maximum atomic E-state index is 11.7. The van der Waals surface area contributed by atoms with Gasteiger partial charge in [0.05, 0.1) is 6.61 Å². The summed E-state index contributed by atoms with van der Waals surface area (Å²) in [6, 6.07) is 0.393. The first-order valence-corrected chi connectivity index (χ1v) is 5.11. The average Bonchev–Trinajstić information content (AvgIpc) is 2.16. The van der Waals surface area contributed by atoms with Gasteiger partial charge in [-0.3, -0.25) is 9.64 Å². The molecule has 1 aliphatic heterocycles. The van der Waals surface area contributed by atoms with E-state index in [1.165, 1.54) is 0 Å². The predicted octanol–water partition coefficient (Wildman–Crippen LogP) is 1.21. The van der Waals surface area contributed by atoms with Crippen LogP contribution in [-0.4, -0.2) is 50.6 Å². The van der Waals surface area contributed by atoms with Gasteiger partial charge in [0.1, 0.15) is 0 Å². The minimum absolute atomic E-state index is 0.278. The molecule has 0 saturated carbocycles. The minimum Gasteiger partial charge on any atom is -0.316 e. The smallest absolute Gasteiger partial charge is 0.316 e. The highest BCUT2D eigenvalue weighted by molar-refractivity contribution is 4.76. The van der Waals surface area contributed by atoms with Crippen LogP contribution in [0.25, 0.3) is 0 Å². The summed E-state index contributed by atoms with van der Waals surface area (Å²) in [4.78, 5) is 2.00. The molecule has 15 heavy (non-hydrogen) atoms. The number of ether oxygens (including phenoxy) is 1. The Bertz CT molecular complexity index is 187. The zero-order valence-corrected chi connectivity index (χ0v) is 8.81. The Balaban J connectivity index is 2.15. The highest BCUT2D eigenvalue weighted by Gasteiger charge is 2.29.